The molecule has 0 spiro atoms. The maximum Gasteiger partial charge on any atom is 0.344 e. The Bertz CT molecular complexity index is 1770. The molecule has 1 saturated heterocycles. The molecule has 3 heterocycles. The Kier molecular flexibility index (Phi) is 7.77. The smallest absolute Gasteiger partial charge is 0.344 e. The average Bonchev–Trinajstić information content (AvgIpc) is 3.75. The third-order valence-electron chi connectivity index (χ3n) is 9.32. The molecule has 4 aliphatic rings. The van der Waals surface area contributed by atoms with E-state index < -0.39 is 23.8 Å². The van der Waals surface area contributed by atoms with Crippen LogP contribution in [0.25, 0.3) is 0 Å². The van der Waals surface area contributed by atoms with Crippen LogP contribution in [0.1, 0.15) is 47.0 Å². The highest BCUT2D eigenvalue weighted by Gasteiger charge is 2.69. The third kappa shape index (κ3) is 4.88. The number of amides is 2. The Morgan fingerprint density at radius 3 is 2.40 bits per heavy atom. The van der Waals surface area contributed by atoms with Gasteiger partial charge in [-0.3, -0.25) is 19.3 Å². The highest BCUT2D eigenvalue weighted by atomic mass is 35.5. The molecule has 2 aliphatic heterocycles. The van der Waals surface area contributed by atoms with Crippen LogP contribution in [-0.4, -0.2) is 53.8 Å². The number of aromatic nitrogens is 1. The summed E-state index contributed by atoms with van der Waals surface area (Å²) in [6, 6.07) is 11.5. The molecular formula is C32H29ClN2O8S2. The van der Waals surface area contributed by atoms with Crippen LogP contribution in [0.3, 0.4) is 0 Å². The van der Waals surface area contributed by atoms with E-state index in [4.69, 9.17) is 25.8 Å². The number of carbonyl (C=O) groups excluding carboxylic acids is 4. The van der Waals surface area contributed by atoms with E-state index in [0.717, 1.165) is 26.8 Å². The summed E-state index contributed by atoms with van der Waals surface area (Å²) >= 11 is 9.22. The molecule has 2 aliphatic carbocycles. The van der Waals surface area contributed by atoms with Gasteiger partial charge in [0.25, 0.3) is 0 Å². The Labute approximate surface area is 271 Å². The van der Waals surface area contributed by atoms with Crippen molar-refractivity contribution in [3.05, 3.63) is 73.2 Å². The second-order valence-corrected chi connectivity index (χ2v) is 14.2. The number of thiazole rings is 1. The minimum absolute atomic E-state index is 0.0428. The molecule has 7 atom stereocenters. The Morgan fingerprint density at radius 1 is 0.978 bits per heavy atom. The van der Waals surface area contributed by atoms with Gasteiger partial charge in [-0.25, -0.2) is 9.59 Å². The van der Waals surface area contributed by atoms with E-state index >= 15 is 0 Å². The number of benzene rings is 2. The largest absolute Gasteiger partial charge is 0.482 e. The zero-order chi connectivity index (χ0) is 31.6. The number of imide groups is 1. The number of ether oxygens (including phenoxy) is 3. The van der Waals surface area contributed by atoms with Gasteiger partial charge >= 0.3 is 16.8 Å². The zero-order valence-electron chi connectivity index (χ0n) is 24.3. The second kappa shape index (κ2) is 11.6. The van der Waals surface area contributed by atoms with Crippen LogP contribution >= 0.6 is 34.7 Å². The zero-order valence-corrected chi connectivity index (χ0v) is 26.7. The molecule has 6 unspecified atom stereocenters. The molecule has 3 aromatic rings. The SMILES string of the molecule is CCOC(=O)COc1ccc(Cl)cc1[C@H]1c2sc(=O)[nH]c2SC2C3CC(C4C(=O)N(c5ccc(C(=O)OCC)cc5)C(=O)C34)C21. The Morgan fingerprint density at radius 2 is 1.69 bits per heavy atom. The number of thioether (sulfide) groups is 1. The highest BCUT2D eigenvalue weighted by Crippen LogP contribution is 2.69. The number of hydrogen-bond donors (Lipinski definition) is 1. The fourth-order valence-electron chi connectivity index (χ4n) is 7.81. The number of anilines is 1. The lowest BCUT2D eigenvalue weighted by Crippen LogP contribution is -2.42. The molecule has 45 heavy (non-hydrogen) atoms. The van der Waals surface area contributed by atoms with Gasteiger partial charge in [0.15, 0.2) is 6.61 Å². The van der Waals surface area contributed by atoms with Crippen LogP contribution in [0.2, 0.25) is 5.02 Å². The molecular weight excluding hydrogens is 640 g/mol. The van der Waals surface area contributed by atoms with Crippen molar-refractivity contribution in [1.29, 1.82) is 0 Å². The van der Waals surface area contributed by atoms with Gasteiger partial charge in [0.2, 0.25) is 11.8 Å². The van der Waals surface area contributed by atoms with Crippen molar-refractivity contribution in [3.63, 3.8) is 0 Å². The number of H-pyrrole nitrogens is 1. The Balaban J connectivity index is 1.25. The maximum absolute atomic E-state index is 14.1. The van der Waals surface area contributed by atoms with Crippen LogP contribution in [0.5, 0.6) is 5.75 Å². The van der Waals surface area contributed by atoms with Crippen molar-refractivity contribution in [2.75, 3.05) is 24.7 Å². The van der Waals surface area contributed by atoms with Gasteiger partial charge in [0.1, 0.15) is 5.75 Å². The molecule has 1 N–H and O–H groups in total. The molecule has 1 aromatic heterocycles. The number of nitrogens with zero attached hydrogens (tertiary/aromatic N) is 1. The van der Waals surface area contributed by atoms with E-state index in [1.165, 1.54) is 4.90 Å². The third-order valence-corrected chi connectivity index (χ3v) is 12.1. The van der Waals surface area contributed by atoms with E-state index in [1.54, 1.807) is 68.1 Å². The van der Waals surface area contributed by atoms with Gasteiger partial charge in [-0.15, -0.1) is 11.8 Å². The molecule has 7 rings (SSSR count). The van der Waals surface area contributed by atoms with E-state index in [-0.39, 0.29) is 65.4 Å². The Hall–Kier alpha value is -3.61. The minimum Gasteiger partial charge on any atom is -0.482 e. The number of nitrogens with one attached hydrogen (secondary N) is 1. The fourth-order valence-corrected chi connectivity index (χ4v) is 10.9. The summed E-state index contributed by atoms with van der Waals surface area (Å²) in [7, 11) is 0. The number of esters is 2. The van der Waals surface area contributed by atoms with Crippen molar-refractivity contribution in [1.82, 2.24) is 4.98 Å². The van der Waals surface area contributed by atoms with Crippen LogP contribution in [0.4, 0.5) is 5.69 Å². The molecule has 10 nitrogen and oxygen atoms in total. The van der Waals surface area contributed by atoms with Gasteiger partial charge in [-0.1, -0.05) is 22.9 Å². The molecule has 2 amide bonds. The summed E-state index contributed by atoms with van der Waals surface area (Å²) in [6.45, 7) is 3.62. The number of aromatic amines is 1. The number of rotatable bonds is 8. The molecule has 0 radical (unpaired) electrons. The monoisotopic (exact) mass is 668 g/mol. The normalized spacial score (nSPS) is 27.6. The predicted octanol–water partition coefficient (Wildman–Crippen LogP) is 4.89. The number of carbonyl (C=O) groups is 4. The van der Waals surface area contributed by atoms with E-state index in [1.807, 2.05) is 0 Å². The predicted molar refractivity (Wildman–Crippen MR) is 167 cm³/mol. The fraction of sp³-hybridized carbons (Fsp3) is 0.406. The first-order valence-corrected chi connectivity index (χ1v) is 16.9. The summed E-state index contributed by atoms with van der Waals surface area (Å²) < 4.78 is 16.1. The van der Waals surface area contributed by atoms with E-state index in [2.05, 4.69) is 4.98 Å². The number of fused-ring (bicyclic) bond motifs is 9. The summed E-state index contributed by atoms with van der Waals surface area (Å²) in [4.78, 5) is 69.9. The van der Waals surface area contributed by atoms with Gasteiger partial charge < -0.3 is 19.2 Å². The van der Waals surface area contributed by atoms with Crippen molar-refractivity contribution in [2.24, 2.45) is 29.6 Å². The van der Waals surface area contributed by atoms with Crippen LogP contribution < -0.4 is 14.5 Å². The first-order valence-electron chi connectivity index (χ1n) is 14.8. The van der Waals surface area contributed by atoms with Gasteiger partial charge in [-0.2, -0.15) is 0 Å². The minimum atomic E-state index is -0.517. The van der Waals surface area contributed by atoms with Crippen LogP contribution in [0, 0.1) is 29.6 Å². The molecule has 13 heteroatoms. The molecule has 234 valence electrons. The lowest BCUT2D eigenvalue weighted by molar-refractivity contribution is -0.145. The topological polar surface area (TPSA) is 132 Å². The molecule has 3 fully saturated rings. The van der Waals surface area contributed by atoms with Crippen molar-refractivity contribution >= 4 is 64.1 Å². The van der Waals surface area contributed by atoms with Crippen molar-refractivity contribution in [3.8, 4) is 5.75 Å². The molecule has 2 bridgehead atoms. The van der Waals surface area contributed by atoms with Crippen molar-refractivity contribution < 1.29 is 33.4 Å². The lowest BCUT2D eigenvalue weighted by atomic mass is 9.68. The lowest BCUT2D eigenvalue weighted by Gasteiger charge is -2.43. The van der Waals surface area contributed by atoms with Gasteiger partial charge in [0.05, 0.1) is 41.3 Å². The quantitative estimate of drug-likeness (QED) is 0.263. The molecule has 2 saturated carbocycles. The van der Waals surface area contributed by atoms with Gasteiger partial charge in [0, 0.05) is 26.6 Å². The summed E-state index contributed by atoms with van der Waals surface area (Å²) in [5.41, 5.74) is 1.49. The average molecular weight is 669 g/mol. The van der Waals surface area contributed by atoms with Crippen LogP contribution in [-0.2, 0) is 23.9 Å². The number of halogens is 1. The first-order chi connectivity index (χ1) is 21.7. The summed E-state index contributed by atoms with van der Waals surface area (Å²) in [5, 5.41) is 1.18. The standard InChI is InChI=1S/C32H29ClN2O8S2/c1-3-41-21(36)13-43-20-10-7-15(33)11-17(20)22-23-18-12-19(26(23)44-28-27(22)45-32(40)34-28)25-24(18)29(37)35(30(25)38)16-8-5-14(6-9-16)31(39)42-4-2/h5-11,18-19,22-26H,3-4,12-13H2,1-2H3,(H,34,40)/t18?,19?,22-,23?,24?,25?,26?/m1/s1. The molecule has 2 aromatic carbocycles. The maximum atomic E-state index is 14.1. The highest BCUT2D eigenvalue weighted by molar-refractivity contribution is 8.00. The van der Waals surface area contributed by atoms with Crippen molar-refractivity contribution in [2.45, 2.75) is 36.5 Å². The second-order valence-electron chi connectivity index (χ2n) is 11.5. The van der Waals surface area contributed by atoms with E-state index in [9.17, 15) is 24.0 Å². The number of hydrogen-bond acceptors (Lipinski definition) is 10. The van der Waals surface area contributed by atoms with E-state index in [0.29, 0.717) is 28.4 Å². The van der Waals surface area contributed by atoms with Gasteiger partial charge in [-0.05, 0) is 80.5 Å². The first kappa shape index (κ1) is 30.1. The summed E-state index contributed by atoms with van der Waals surface area (Å²) in [6.07, 6.45) is 0.708. The summed E-state index contributed by atoms with van der Waals surface area (Å²) in [5.74, 6) is -2.66. The van der Waals surface area contributed by atoms with Crippen LogP contribution in [0.15, 0.2) is 52.3 Å².